The Bertz CT molecular complexity index is 507. The number of hydrogen-bond donors (Lipinski definition) is 2. The van der Waals surface area contributed by atoms with Crippen molar-refractivity contribution in [2.75, 3.05) is 47.5 Å². The second kappa shape index (κ2) is 8.44. The third-order valence-corrected chi connectivity index (χ3v) is 3.58. The van der Waals surface area contributed by atoms with Crippen molar-refractivity contribution in [1.82, 2.24) is 15.3 Å². The van der Waals surface area contributed by atoms with Gasteiger partial charge < -0.3 is 24.4 Å². The zero-order valence-electron chi connectivity index (χ0n) is 13.9. The molecule has 1 aliphatic rings. The van der Waals surface area contributed by atoms with Crippen molar-refractivity contribution in [3.05, 3.63) is 17.7 Å². The fraction of sp³-hybridized carbons (Fsp3) is 0.533. The first kappa shape index (κ1) is 17.2. The highest BCUT2D eigenvalue weighted by atomic mass is 16.5. The lowest BCUT2D eigenvalue weighted by atomic mass is 10.2. The van der Waals surface area contributed by atoms with Crippen LogP contribution in [0.2, 0.25) is 0 Å². The van der Waals surface area contributed by atoms with Crippen LogP contribution in [0, 0.1) is 0 Å². The highest BCUT2D eigenvalue weighted by Crippen LogP contribution is 2.38. The van der Waals surface area contributed by atoms with Gasteiger partial charge in [-0.05, 0) is 17.7 Å². The molecule has 23 heavy (non-hydrogen) atoms. The number of hydrogen-bond acceptors (Lipinski definition) is 7. The minimum atomic E-state index is 0.430. The average molecular weight is 323 g/mol. The van der Waals surface area contributed by atoms with E-state index in [4.69, 9.17) is 20.1 Å². The van der Waals surface area contributed by atoms with Gasteiger partial charge >= 0.3 is 0 Å². The third kappa shape index (κ3) is 4.64. The van der Waals surface area contributed by atoms with Gasteiger partial charge in [0.25, 0.3) is 0 Å². The van der Waals surface area contributed by atoms with E-state index in [1.165, 1.54) is 5.12 Å². The summed E-state index contributed by atoms with van der Waals surface area (Å²) in [5, 5.41) is 8.95. The van der Waals surface area contributed by atoms with E-state index in [2.05, 4.69) is 15.3 Å². The molecule has 0 aliphatic carbocycles. The molecule has 1 heterocycles. The molecule has 1 aromatic carbocycles. The molecular formula is C15H25N5O3. The standard InChI is InChI=1S/C15H25N5O3/c1-21-13-8-12(9-14(22-2)15(13)23-3)10-20(16)18-11-19-6-4-17-5-7-19/h8-9,11,17H,4-7,10,16H2,1-3H3. The van der Waals surface area contributed by atoms with E-state index in [0.29, 0.717) is 23.8 Å². The van der Waals surface area contributed by atoms with E-state index in [-0.39, 0.29) is 0 Å². The number of nitrogens with one attached hydrogen (secondary N) is 1. The summed E-state index contributed by atoms with van der Waals surface area (Å²) in [6.45, 7) is 4.22. The largest absolute Gasteiger partial charge is 0.493 e. The maximum absolute atomic E-state index is 5.96. The van der Waals surface area contributed by atoms with Crippen LogP contribution >= 0.6 is 0 Å². The predicted octanol–water partition coefficient (Wildman–Crippen LogP) is 0.237. The lowest BCUT2D eigenvalue weighted by molar-refractivity contribution is 0.277. The molecule has 128 valence electrons. The van der Waals surface area contributed by atoms with E-state index < -0.39 is 0 Å². The lowest BCUT2D eigenvalue weighted by Crippen LogP contribution is -2.43. The Morgan fingerprint density at radius 3 is 2.30 bits per heavy atom. The van der Waals surface area contributed by atoms with Gasteiger partial charge in [-0.15, -0.1) is 0 Å². The molecule has 1 aliphatic heterocycles. The van der Waals surface area contributed by atoms with Crippen LogP contribution in [0.5, 0.6) is 17.2 Å². The van der Waals surface area contributed by atoms with Crippen molar-refractivity contribution in [3.63, 3.8) is 0 Å². The average Bonchev–Trinajstić information content (AvgIpc) is 2.59. The molecule has 3 N–H and O–H groups in total. The van der Waals surface area contributed by atoms with E-state index in [1.54, 1.807) is 27.7 Å². The Morgan fingerprint density at radius 2 is 1.78 bits per heavy atom. The number of ether oxygens (including phenoxy) is 3. The summed E-state index contributed by atoms with van der Waals surface area (Å²) in [4.78, 5) is 2.13. The number of piperazine rings is 1. The molecule has 0 amide bonds. The van der Waals surface area contributed by atoms with Crippen molar-refractivity contribution >= 4 is 6.34 Å². The molecule has 0 saturated carbocycles. The minimum absolute atomic E-state index is 0.430. The molecule has 0 unspecified atom stereocenters. The third-order valence-electron chi connectivity index (χ3n) is 3.58. The summed E-state index contributed by atoms with van der Waals surface area (Å²) in [6, 6.07) is 3.73. The maximum atomic E-state index is 5.96. The van der Waals surface area contributed by atoms with Gasteiger partial charge in [0.1, 0.15) is 6.34 Å². The summed E-state index contributed by atoms with van der Waals surface area (Å²) >= 11 is 0. The van der Waals surface area contributed by atoms with Crippen LogP contribution in [0.1, 0.15) is 5.56 Å². The molecule has 2 rings (SSSR count). The molecule has 0 atom stereocenters. The molecule has 1 saturated heterocycles. The molecule has 0 bridgehead atoms. The van der Waals surface area contributed by atoms with E-state index in [0.717, 1.165) is 31.7 Å². The number of hydrazone groups is 1. The lowest BCUT2D eigenvalue weighted by Gasteiger charge is -2.25. The first-order valence-corrected chi connectivity index (χ1v) is 7.48. The number of hydrazine groups is 1. The van der Waals surface area contributed by atoms with Gasteiger partial charge in [-0.25, -0.2) is 11.0 Å². The molecular weight excluding hydrogens is 298 g/mol. The Hall–Kier alpha value is -2.19. The maximum Gasteiger partial charge on any atom is 0.203 e. The molecule has 1 fully saturated rings. The van der Waals surface area contributed by atoms with Crippen LogP contribution in [0.3, 0.4) is 0 Å². The van der Waals surface area contributed by atoms with Gasteiger partial charge in [0, 0.05) is 26.2 Å². The molecule has 0 radical (unpaired) electrons. The Balaban J connectivity index is 2.04. The van der Waals surface area contributed by atoms with Crippen LogP contribution in [0.4, 0.5) is 0 Å². The van der Waals surface area contributed by atoms with Crippen LogP contribution in [-0.4, -0.2) is 63.9 Å². The Kier molecular flexibility index (Phi) is 6.30. The smallest absolute Gasteiger partial charge is 0.203 e. The Morgan fingerprint density at radius 1 is 1.17 bits per heavy atom. The fourth-order valence-corrected chi connectivity index (χ4v) is 2.39. The Labute approximate surface area is 136 Å². The monoisotopic (exact) mass is 323 g/mol. The molecule has 8 heteroatoms. The second-order valence-electron chi connectivity index (χ2n) is 5.15. The summed E-state index contributed by atoms with van der Waals surface area (Å²) in [6.07, 6.45) is 1.78. The summed E-state index contributed by atoms with van der Waals surface area (Å²) in [7, 11) is 4.75. The van der Waals surface area contributed by atoms with Gasteiger partial charge in [0.15, 0.2) is 11.5 Å². The van der Waals surface area contributed by atoms with Crippen molar-refractivity contribution < 1.29 is 14.2 Å². The zero-order chi connectivity index (χ0) is 16.7. The van der Waals surface area contributed by atoms with Gasteiger partial charge in [0.05, 0.1) is 27.9 Å². The van der Waals surface area contributed by atoms with Crippen molar-refractivity contribution in [1.29, 1.82) is 0 Å². The van der Waals surface area contributed by atoms with Crippen LogP contribution in [0.15, 0.2) is 17.2 Å². The van der Waals surface area contributed by atoms with Crippen molar-refractivity contribution in [3.8, 4) is 17.2 Å². The van der Waals surface area contributed by atoms with Gasteiger partial charge in [-0.2, -0.15) is 5.10 Å². The number of benzene rings is 1. The summed E-state index contributed by atoms with van der Waals surface area (Å²) < 4.78 is 16.0. The number of rotatable bonds is 7. The van der Waals surface area contributed by atoms with E-state index in [1.807, 2.05) is 12.1 Å². The number of nitrogens with two attached hydrogens (primary N) is 1. The number of methoxy groups -OCH3 is 3. The number of nitrogens with zero attached hydrogens (tertiary/aromatic N) is 3. The highest BCUT2D eigenvalue weighted by molar-refractivity contribution is 5.55. The van der Waals surface area contributed by atoms with Crippen molar-refractivity contribution in [2.45, 2.75) is 6.54 Å². The topological polar surface area (TPSA) is 84.6 Å². The predicted molar refractivity (Wildman–Crippen MR) is 88.8 cm³/mol. The quantitative estimate of drug-likeness (QED) is 0.322. The van der Waals surface area contributed by atoms with E-state index in [9.17, 15) is 0 Å². The summed E-state index contributed by atoms with van der Waals surface area (Å²) in [5.74, 6) is 7.72. The van der Waals surface area contributed by atoms with E-state index >= 15 is 0 Å². The second-order valence-corrected chi connectivity index (χ2v) is 5.15. The fourth-order valence-electron chi connectivity index (χ4n) is 2.39. The van der Waals surface area contributed by atoms with Crippen LogP contribution in [-0.2, 0) is 6.54 Å². The molecule has 0 spiro atoms. The van der Waals surface area contributed by atoms with Crippen LogP contribution < -0.4 is 25.4 Å². The molecule has 1 aromatic rings. The summed E-state index contributed by atoms with van der Waals surface area (Å²) in [5.41, 5.74) is 0.916. The van der Waals surface area contributed by atoms with Gasteiger partial charge in [-0.3, -0.25) is 0 Å². The zero-order valence-corrected chi connectivity index (χ0v) is 13.9. The molecule has 0 aromatic heterocycles. The van der Waals surface area contributed by atoms with Crippen molar-refractivity contribution in [2.24, 2.45) is 10.9 Å². The SMILES string of the molecule is COc1cc(CN(N)N=CN2CCNCC2)cc(OC)c1OC. The first-order chi connectivity index (χ1) is 11.2. The molecule has 8 nitrogen and oxygen atoms in total. The minimum Gasteiger partial charge on any atom is -0.493 e. The van der Waals surface area contributed by atoms with Crippen LogP contribution in [0.25, 0.3) is 0 Å². The normalized spacial score (nSPS) is 14.9. The van der Waals surface area contributed by atoms with Gasteiger partial charge in [-0.1, -0.05) is 0 Å². The highest BCUT2D eigenvalue weighted by Gasteiger charge is 2.14. The van der Waals surface area contributed by atoms with Gasteiger partial charge in [0.2, 0.25) is 5.75 Å². The first-order valence-electron chi connectivity index (χ1n) is 7.48.